The van der Waals surface area contributed by atoms with Gasteiger partial charge in [-0.05, 0) is 96.5 Å². The standard InChI is InChI=1S/C9H12BrNO3.C9H13NO3.C7H5F3N2O2.C5H9NO2.C4H7BrO3.C4H5ClO/c1-9(5-10)8(13)11-4-2-3-6(11)7(12)14-9;1-6(2)8(11)10-5-3-4-7(10)9(12)13;8-7(9,10)5-3-4(11)1-2-6(5)12(13)14;7-5(8)4-2-1-3-6-4;1-4(8,2-5)3(6)7;1-3(2)4(5)6/h6H,2-5H2,1H3;7H,1,3-5H2,2H3,(H,12,13);1-3H,11H2;4,6H,1-3H2,(H,7,8);8H,2H2,1H3,(H,6,7);1H2,2H3/t6-,9?;7-;;2*4-;/m11.10./s1. The minimum Gasteiger partial charge on any atom is -0.480 e. The molecule has 1 aromatic carbocycles. The van der Waals surface area contributed by atoms with E-state index in [1.165, 1.54) is 11.8 Å². The second-order valence-electron chi connectivity index (χ2n) is 14.5. The number of anilines is 1. The lowest BCUT2D eigenvalue weighted by atomic mass is 10.0. The van der Waals surface area contributed by atoms with Gasteiger partial charge < -0.3 is 46.0 Å². The van der Waals surface area contributed by atoms with Crippen LogP contribution in [-0.4, -0.2) is 136 Å². The van der Waals surface area contributed by atoms with E-state index >= 15 is 0 Å². The van der Waals surface area contributed by atoms with Gasteiger partial charge in [-0.2, -0.15) is 13.2 Å². The quantitative estimate of drug-likeness (QED) is 0.0384. The molecule has 63 heavy (non-hydrogen) atoms. The van der Waals surface area contributed by atoms with Crippen molar-refractivity contribution in [2.45, 2.75) is 102 Å². The Labute approximate surface area is 382 Å². The number of halogens is 6. The molecule has 19 nitrogen and oxygen atoms in total. The number of carboxylic acid groups (broad SMARTS) is 3. The summed E-state index contributed by atoms with van der Waals surface area (Å²) in [4.78, 5) is 87.7. The summed E-state index contributed by atoms with van der Waals surface area (Å²) >= 11 is 10.9. The number of nitrogen functional groups attached to an aromatic ring is 1. The van der Waals surface area contributed by atoms with Gasteiger partial charge in [0.05, 0.1) is 10.3 Å². The Bertz CT molecular complexity index is 1850. The maximum atomic E-state index is 12.2. The summed E-state index contributed by atoms with van der Waals surface area (Å²) in [6, 6.07) is 1.08. The van der Waals surface area contributed by atoms with Gasteiger partial charge in [-0.1, -0.05) is 45.0 Å². The fourth-order valence-electron chi connectivity index (χ4n) is 5.38. The molecule has 0 aliphatic carbocycles. The van der Waals surface area contributed by atoms with E-state index in [-0.39, 0.29) is 40.9 Å². The number of aliphatic hydroxyl groups is 1. The lowest BCUT2D eigenvalue weighted by Gasteiger charge is -2.39. The van der Waals surface area contributed by atoms with Gasteiger partial charge in [0.15, 0.2) is 11.2 Å². The number of likely N-dealkylation sites (tertiary alicyclic amines) is 1. The van der Waals surface area contributed by atoms with Gasteiger partial charge in [0.25, 0.3) is 11.6 Å². The zero-order valence-electron chi connectivity index (χ0n) is 34.7. The summed E-state index contributed by atoms with van der Waals surface area (Å²) in [5, 5.41) is 47.1. The highest BCUT2D eigenvalue weighted by molar-refractivity contribution is 9.09. The van der Waals surface area contributed by atoms with Crippen LogP contribution in [0.1, 0.15) is 71.8 Å². The summed E-state index contributed by atoms with van der Waals surface area (Å²) < 4.78 is 41.9. The number of aliphatic carboxylic acids is 3. The van der Waals surface area contributed by atoms with Gasteiger partial charge in [0.2, 0.25) is 11.1 Å². The second-order valence-corrected chi connectivity index (χ2v) is 16.0. The minimum absolute atomic E-state index is 0.0509. The largest absolute Gasteiger partial charge is 0.480 e. The van der Waals surface area contributed by atoms with Crippen molar-refractivity contribution in [1.82, 2.24) is 15.1 Å². The van der Waals surface area contributed by atoms with Crippen molar-refractivity contribution >= 4 is 95.8 Å². The van der Waals surface area contributed by atoms with Gasteiger partial charge in [-0.25, -0.2) is 14.4 Å². The molecule has 0 saturated carbocycles. The molecule has 4 heterocycles. The van der Waals surface area contributed by atoms with Crippen LogP contribution in [0.4, 0.5) is 24.5 Å². The molecule has 5 rings (SSSR count). The molecule has 0 spiro atoms. The number of hydrogen-bond donors (Lipinski definition) is 6. The number of morpholine rings is 1. The number of carboxylic acids is 3. The van der Waals surface area contributed by atoms with Crippen LogP contribution in [0.25, 0.3) is 0 Å². The molecule has 2 amide bonds. The Kier molecular flexibility index (Phi) is 24.3. The Hall–Kier alpha value is -4.65. The normalized spacial score (nSPS) is 21.7. The van der Waals surface area contributed by atoms with E-state index in [1.807, 2.05) is 0 Å². The molecule has 25 heteroatoms. The van der Waals surface area contributed by atoms with Gasteiger partial charge in [-0.15, -0.1) is 0 Å². The molecule has 4 fully saturated rings. The number of nitrogens with one attached hydrogen (secondary N) is 1. The maximum absolute atomic E-state index is 12.2. The van der Waals surface area contributed by atoms with Gasteiger partial charge >= 0.3 is 30.1 Å². The number of nitrogens with two attached hydrogens (primary N) is 1. The summed E-state index contributed by atoms with van der Waals surface area (Å²) in [5.41, 5.74) is 0.768. The number of allylic oxidation sites excluding steroid dienone is 1. The predicted molar refractivity (Wildman–Crippen MR) is 229 cm³/mol. The first-order chi connectivity index (χ1) is 28.9. The van der Waals surface area contributed by atoms with Crippen molar-refractivity contribution < 1.29 is 76.8 Å². The highest BCUT2D eigenvalue weighted by Crippen LogP contribution is 2.37. The number of alkyl halides is 5. The number of amides is 2. The molecule has 354 valence electrons. The van der Waals surface area contributed by atoms with E-state index in [0.717, 1.165) is 50.8 Å². The van der Waals surface area contributed by atoms with Crippen molar-refractivity contribution in [1.29, 1.82) is 0 Å². The zero-order valence-corrected chi connectivity index (χ0v) is 38.6. The van der Waals surface area contributed by atoms with Crippen LogP contribution >= 0.6 is 43.5 Å². The average molecular weight is 1050 g/mol. The topological polar surface area (TPSA) is 297 Å². The SMILES string of the molecule is C=C(C)C(=O)Cl.C=C(C)C(=O)N1CCC[C@@H]1C(=O)O.CC1(CBr)OC(=O)[C@H]2CCCN2C1=O.C[C@](O)(CBr)C(=O)O.Nc1ccc([N+](=O)[O-])c(C(F)(F)F)c1.O=C(O)[C@H]1CCCN1. The van der Waals surface area contributed by atoms with Crippen molar-refractivity contribution in [2.24, 2.45) is 0 Å². The summed E-state index contributed by atoms with van der Waals surface area (Å²) in [5.74, 6) is -3.44. The predicted octanol–water partition coefficient (Wildman–Crippen LogP) is 4.89. The number of ether oxygens (including phenoxy) is 1. The first-order valence-electron chi connectivity index (χ1n) is 18.6. The zero-order chi connectivity index (χ0) is 49.2. The highest BCUT2D eigenvalue weighted by Gasteiger charge is 2.51. The Balaban J connectivity index is 0.000000752. The summed E-state index contributed by atoms with van der Waals surface area (Å²) in [6.07, 6.45) is -0.0404. The number of esters is 1. The molecule has 7 N–H and O–H groups in total. The van der Waals surface area contributed by atoms with Crippen LogP contribution in [0.3, 0.4) is 0 Å². The lowest BCUT2D eigenvalue weighted by Crippen LogP contribution is -2.60. The number of carbonyl (C=O) groups is 7. The number of nitrogens with zero attached hydrogens (tertiary/aromatic N) is 3. The Morgan fingerprint density at radius 2 is 1.57 bits per heavy atom. The maximum Gasteiger partial charge on any atom is 0.423 e. The highest BCUT2D eigenvalue weighted by atomic mass is 79.9. The number of carbonyl (C=O) groups excluding carboxylic acids is 4. The molecule has 5 atom stereocenters. The smallest absolute Gasteiger partial charge is 0.423 e. The number of cyclic esters (lactones) is 1. The third-order valence-corrected chi connectivity index (χ3v) is 11.4. The van der Waals surface area contributed by atoms with E-state index in [2.05, 4.69) is 50.3 Å². The Morgan fingerprint density at radius 3 is 1.94 bits per heavy atom. The van der Waals surface area contributed by atoms with Crippen molar-refractivity contribution in [3.63, 3.8) is 0 Å². The monoisotopic (exact) mass is 1050 g/mol. The first-order valence-corrected chi connectivity index (χ1v) is 21.3. The average Bonchev–Trinajstić information content (AvgIpc) is 4.01. The van der Waals surface area contributed by atoms with Crippen LogP contribution in [0.5, 0.6) is 0 Å². The van der Waals surface area contributed by atoms with E-state index in [0.29, 0.717) is 42.1 Å². The van der Waals surface area contributed by atoms with Crippen LogP contribution in [0, 0.1) is 10.1 Å². The van der Waals surface area contributed by atoms with Crippen LogP contribution in [0.2, 0.25) is 0 Å². The van der Waals surface area contributed by atoms with Gasteiger partial charge in [0.1, 0.15) is 23.7 Å². The number of hydrogen-bond acceptors (Lipinski definition) is 13. The second kappa shape index (κ2) is 26.2. The van der Waals surface area contributed by atoms with E-state index in [1.54, 1.807) is 25.7 Å². The van der Waals surface area contributed by atoms with Crippen molar-refractivity contribution in [3.05, 3.63) is 58.2 Å². The first kappa shape index (κ1) is 58.4. The van der Waals surface area contributed by atoms with Gasteiger partial charge in [-0.3, -0.25) is 29.3 Å². The number of fused-ring (bicyclic) bond motifs is 1. The summed E-state index contributed by atoms with van der Waals surface area (Å²) in [6.45, 7) is 14.9. The fourth-order valence-corrected chi connectivity index (χ4v) is 5.97. The van der Waals surface area contributed by atoms with Crippen LogP contribution < -0.4 is 11.1 Å². The number of rotatable bonds is 8. The third kappa shape index (κ3) is 18.9. The van der Waals surface area contributed by atoms with Crippen molar-refractivity contribution in [3.8, 4) is 0 Å². The number of nitro benzene ring substituents is 1. The van der Waals surface area contributed by atoms with Crippen molar-refractivity contribution in [2.75, 3.05) is 36.0 Å². The molecular formula is C38H51Br2ClF3N5O14. The van der Waals surface area contributed by atoms with Gasteiger partial charge in [0, 0.05) is 41.3 Å². The fraction of sp³-hybridized carbons (Fsp3) is 0.553. The van der Waals surface area contributed by atoms with Crippen LogP contribution in [0.15, 0.2) is 42.5 Å². The molecule has 0 bridgehead atoms. The van der Waals surface area contributed by atoms with Crippen LogP contribution in [-0.2, 0) is 44.5 Å². The van der Waals surface area contributed by atoms with E-state index in [4.69, 9.17) is 42.5 Å². The van der Waals surface area contributed by atoms with E-state index < -0.39 is 62.7 Å². The summed E-state index contributed by atoms with van der Waals surface area (Å²) in [7, 11) is 0. The molecule has 0 aromatic heterocycles. The molecular weight excluding hydrogens is 1000 g/mol. The Morgan fingerprint density at radius 1 is 1.02 bits per heavy atom. The lowest BCUT2D eigenvalue weighted by molar-refractivity contribution is -0.388. The molecule has 0 radical (unpaired) electrons. The third-order valence-electron chi connectivity index (χ3n) is 8.92. The molecule has 1 unspecified atom stereocenters. The molecule has 4 aliphatic heterocycles. The number of benzene rings is 1. The molecule has 4 saturated heterocycles. The van der Waals surface area contributed by atoms with E-state index in [9.17, 15) is 56.8 Å². The number of nitro groups is 1. The minimum atomic E-state index is -4.77. The molecule has 1 aromatic rings. The molecule has 4 aliphatic rings.